The average molecular weight is 268 g/mol. The molecule has 2 N–H and O–H groups in total. The van der Waals surface area contributed by atoms with Gasteiger partial charge in [0.25, 0.3) is 0 Å². The fourth-order valence-electron chi connectivity index (χ4n) is 1.54. The molecule has 1 unspecified atom stereocenters. The minimum Gasteiger partial charge on any atom is -0.480 e. The van der Waals surface area contributed by atoms with E-state index in [0.717, 1.165) is 0 Å². The molecule has 96 valence electrons. The Morgan fingerprint density at radius 3 is 3.11 bits per heavy atom. The molecular weight excluding hydrogens is 256 g/mol. The number of aliphatic carboxylic acids is 1. The molecule has 1 aromatic rings. The number of rotatable bonds is 3. The lowest BCUT2D eigenvalue weighted by Crippen LogP contribution is -2.46. The van der Waals surface area contributed by atoms with Crippen LogP contribution in [0.5, 0.6) is 0 Å². The Hall–Kier alpha value is -1.83. The third-order valence-corrected chi connectivity index (χ3v) is 3.49. The Morgan fingerprint density at radius 1 is 1.61 bits per heavy atom. The summed E-state index contributed by atoms with van der Waals surface area (Å²) >= 11 is 1.42. The minimum absolute atomic E-state index is 0.236. The Bertz CT molecular complexity index is 442. The molecular formula is C10H12N4O3S. The number of hydrogen-bond donors (Lipinski definition) is 2. The summed E-state index contributed by atoms with van der Waals surface area (Å²) in [5.74, 6) is -0.161. The van der Waals surface area contributed by atoms with Crippen molar-refractivity contribution >= 4 is 23.8 Å². The highest BCUT2D eigenvalue weighted by Crippen LogP contribution is 2.20. The Balaban J connectivity index is 1.90. The van der Waals surface area contributed by atoms with Gasteiger partial charge in [0.1, 0.15) is 6.04 Å². The lowest BCUT2D eigenvalue weighted by Gasteiger charge is -2.20. The number of aromatic nitrogens is 2. The van der Waals surface area contributed by atoms with Crippen molar-refractivity contribution in [3.8, 4) is 0 Å². The van der Waals surface area contributed by atoms with Crippen molar-refractivity contribution in [2.24, 2.45) is 0 Å². The molecule has 2 heterocycles. The van der Waals surface area contributed by atoms with Gasteiger partial charge in [-0.1, -0.05) is 0 Å². The van der Waals surface area contributed by atoms with Crippen LogP contribution in [0, 0.1) is 0 Å². The van der Waals surface area contributed by atoms with Crippen molar-refractivity contribution in [3.05, 3.63) is 24.0 Å². The monoisotopic (exact) mass is 268 g/mol. The molecule has 2 rings (SSSR count). The van der Waals surface area contributed by atoms with Crippen molar-refractivity contribution in [2.45, 2.75) is 12.6 Å². The smallest absolute Gasteiger partial charge is 0.327 e. The highest BCUT2D eigenvalue weighted by molar-refractivity contribution is 7.99. The molecule has 0 spiro atoms. The van der Waals surface area contributed by atoms with E-state index in [1.165, 1.54) is 16.7 Å². The topological polar surface area (TPSA) is 95.4 Å². The van der Waals surface area contributed by atoms with Crippen LogP contribution in [0.15, 0.2) is 18.3 Å². The summed E-state index contributed by atoms with van der Waals surface area (Å²) < 4.78 is 0. The third-order valence-electron chi connectivity index (χ3n) is 2.48. The van der Waals surface area contributed by atoms with Crippen LogP contribution in [-0.2, 0) is 11.3 Å². The summed E-state index contributed by atoms with van der Waals surface area (Å²) in [6.45, 7) is 0.236. The van der Waals surface area contributed by atoms with Gasteiger partial charge in [-0.05, 0) is 12.1 Å². The second-order valence-electron chi connectivity index (χ2n) is 3.70. The maximum absolute atomic E-state index is 11.8. The second kappa shape index (κ2) is 5.67. The van der Waals surface area contributed by atoms with Crippen molar-refractivity contribution in [2.75, 3.05) is 11.6 Å². The molecule has 1 aromatic heterocycles. The first-order valence-corrected chi connectivity index (χ1v) is 6.45. The molecule has 1 atom stereocenters. The molecule has 0 saturated carbocycles. The first-order chi connectivity index (χ1) is 8.68. The van der Waals surface area contributed by atoms with E-state index in [-0.39, 0.29) is 6.54 Å². The van der Waals surface area contributed by atoms with E-state index in [1.807, 2.05) is 0 Å². The predicted molar refractivity (Wildman–Crippen MR) is 64.9 cm³/mol. The summed E-state index contributed by atoms with van der Waals surface area (Å²) in [6.07, 6.45) is 1.54. The minimum atomic E-state index is -0.977. The number of urea groups is 1. The number of carbonyl (C=O) groups is 2. The SMILES string of the molecule is O=C(O)C1CSCN1C(=O)NCc1cccnn1. The molecule has 0 radical (unpaired) electrons. The van der Waals surface area contributed by atoms with Gasteiger partial charge in [0, 0.05) is 11.9 Å². The van der Waals surface area contributed by atoms with Crippen molar-refractivity contribution < 1.29 is 14.7 Å². The van der Waals surface area contributed by atoms with Crippen LogP contribution in [0.2, 0.25) is 0 Å². The van der Waals surface area contributed by atoms with Crippen molar-refractivity contribution in [1.82, 2.24) is 20.4 Å². The number of carbonyl (C=O) groups excluding carboxylic acids is 1. The molecule has 2 amide bonds. The van der Waals surface area contributed by atoms with Gasteiger partial charge in [-0.25, -0.2) is 9.59 Å². The number of nitrogens with one attached hydrogen (secondary N) is 1. The molecule has 7 nitrogen and oxygen atoms in total. The molecule has 8 heteroatoms. The zero-order valence-electron chi connectivity index (χ0n) is 9.44. The number of carboxylic acid groups (broad SMARTS) is 1. The number of thioether (sulfide) groups is 1. The van der Waals surface area contributed by atoms with Crippen molar-refractivity contribution in [3.63, 3.8) is 0 Å². The first kappa shape index (κ1) is 12.6. The van der Waals surface area contributed by atoms with Crippen LogP contribution in [0.3, 0.4) is 0 Å². The fourth-order valence-corrected chi connectivity index (χ4v) is 2.69. The molecule has 1 aliphatic heterocycles. The summed E-state index contributed by atoms with van der Waals surface area (Å²) in [4.78, 5) is 24.1. The second-order valence-corrected chi connectivity index (χ2v) is 4.70. The van der Waals surface area contributed by atoms with E-state index >= 15 is 0 Å². The first-order valence-electron chi connectivity index (χ1n) is 5.30. The quantitative estimate of drug-likeness (QED) is 0.810. The third kappa shape index (κ3) is 2.89. The molecule has 0 aliphatic carbocycles. The van der Waals surface area contributed by atoms with E-state index in [1.54, 1.807) is 18.3 Å². The maximum atomic E-state index is 11.8. The number of nitrogens with zero attached hydrogens (tertiary/aromatic N) is 3. The standard InChI is InChI=1S/C10H12N4O3S/c15-9(16)8-5-18-6-14(8)10(17)11-4-7-2-1-3-12-13-7/h1-3,8H,4-6H2,(H,11,17)(H,15,16). The maximum Gasteiger partial charge on any atom is 0.327 e. The zero-order valence-corrected chi connectivity index (χ0v) is 10.3. The largest absolute Gasteiger partial charge is 0.480 e. The molecule has 0 aromatic carbocycles. The van der Waals surface area contributed by atoms with Crippen LogP contribution in [0.25, 0.3) is 0 Å². The lowest BCUT2D eigenvalue weighted by molar-refractivity contribution is -0.140. The van der Waals surface area contributed by atoms with Gasteiger partial charge < -0.3 is 15.3 Å². The average Bonchev–Trinajstić information content (AvgIpc) is 2.86. The van der Waals surface area contributed by atoms with E-state index in [4.69, 9.17) is 5.11 Å². The fraction of sp³-hybridized carbons (Fsp3) is 0.400. The van der Waals surface area contributed by atoms with Crippen LogP contribution < -0.4 is 5.32 Å². The highest BCUT2D eigenvalue weighted by atomic mass is 32.2. The van der Waals surface area contributed by atoms with E-state index < -0.39 is 18.0 Å². The van der Waals surface area contributed by atoms with E-state index in [2.05, 4.69) is 15.5 Å². The molecule has 1 saturated heterocycles. The van der Waals surface area contributed by atoms with Crippen molar-refractivity contribution in [1.29, 1.82) is 0 Å². The van der Waals surface area contributed by atoms with Crippen LogP contribution in [0.4, 0.5) is 4.79 Å². The normalized spacial score (nSPS) is 18.7. The van der Waals surface area contributed by atoms with Crippen LogP contribution >= 0.6 is 11.8 Å². The van der Waals surface area contributed by atoms with Gasteiger partial charge >= 0.3 is 12.0 Å². The van der Waals surface area contributed by atoms with Gasteiger partial charge in [-0.3, -0.25) is 0 Å². The van der Waals surface area contributed by atoms with E-state index in [0.29, 0.717) is 17.3 Å². The van der Waals surface area contributed by atoms with Gasteiger partial charge in [-0.15, -0.1) is 11.8 Å². The zero-order chi connectivity index (χ0) is 13.0. The molecule has 0 bridgehead atoms. The number of hydrogen-bond acceptors (Lipinski definition) is 5. The van der Waals surface area contributed by atoms with Gasteiger partial charge in [0.2, 0.25) is 0 Å². The summed E-state index contributed by atoms with van der Waals surface area (Å²) in [5.41, 5.74) is 0.629. The highest BCUT2D eigenvalue weighted by Gasteiger charge is 2.34. The van der Waals surface area contributed by atoms with E-state index in [9.17, 15) is 9.59 Å². The molecule has 1 fully saturated rings. The van der Waals surface area contributed by atoms with Gasteiger partial charge in [-0.2, -0.15) is 10.2 Å². The summed E-state index contributed by atoms with van der Waals surface area (Å²) in [7, 11) is 0. The predicted octanol–water partition coefficient (Wildman–Crippen LogP) is 0.146. The molecule has 1 aliphatic rings. The Morgan fingerprint density at radius 2 is 2.44 bits per heavy atom. The van der Waals surface area contributed by atoms with Crippen LogP contribution in [0.1, 0.15) is 5.69 Å². The number of carboxylic acids is 1. The van der Waals surface area contributed by atoms with Gasteiger partial charge in [0.05, 0.1) is 18.1 Å². The molecule has 18 heavy (non-hydrogen) atoms. The summed E-state index contributed by atoms with van der Waals surface area (Å²) in [6, 6.07) is 2.32. The summed E-state index contributed by atoms with van der Waals surface area (Å²) in [5, 5.41) is 19.1. The van der Waals surface area contributed by atoms with Crippen LogP contribution in [-0.4, -0.2) is 49.9 Å². The van der Waals surface area contributed by atoms with Gasteiger partial charge in [0.15, 0.2) is 0 Å². The Kier molecular flexibility index (Phi) is 3.98. The Labute approximate surface area is 108 Å². The number of amides is 2. The lowest BCUT2D eigenvalue weighted by atomic mass is 10.3.